The molecule has 2 heteroatoms. The van der Waals surface area contributed by atoms with E-state index in [0.717, 1.165) is 25.7 Å². The van der Waals surface area contributed by atoms with Gasteiger partial charge >= 0.3 is 0 Å². The van der Waals surface area contributed by atoms with Crippen molar-refractivity contribution in [2.45, 2.75) is 38.7 Å². The molecular weight excluding hydrogens is 131 g/mol. The van der Waals surface area contributed by atoms with Crippen molar-refractivity contribution in [1.82, 2.24) is 0 Å². The molecule has 0 heterocycles. The zero-order chi connectivity index (χ0) is 7.61. The van der Waals surface area contributed by atoms with Gasteiger partial charge in [-0.05, 0) is 24.7 Å². The molecule has 1 fully saturated rings. The van der Waals surface area contributed by atoms with E-state index in [1.54, 1.807) is 0 Å². The number of hydrogen-bond donors (Lipinski definition) is 1. The molecule has 0 aromatic rings. The first-order chi connectivity index (χ1) is 4.75. The van der Waals surface area contributed by atoms with Crippen LogP contribution in [0.15, 0.2) is 0 Å². The molecule has 1 aliphatic carbocycles. The second-order valence-electron chi connectivity index (χ2n) is 3.24. The van der Waals surface area contributed by atoms with E-state index >= 15 is 0 Å². The van der Waals surface area contributed by atoms with Gasteiger partial charge in [0.1, 0.15) is 6.67 Å². The predicted molar refractivity (Wildman–Crippen MR) is 38.6 cm³/mol. The summed E-state index contributed by atoms with van der Waals surface area (Å²) in [5.74, 6) is 0. The van der Waals surface area contributed by atoms with Crippen molar-refractivity contribution >= 4 is 0 Å². The molecular formula is C8H15FO. The number of aliphatic hydroxyl groups excluding tert-OH is 1. The molecule has 1 unspecified atom stereocenters. The Morgan fingerprint density at radius 2 is 2.20 bits per heavy atom. The fourth-order valence-corrected chi connectivity index (χ4v) is 1.72. The molecule has 1 saturated carbocycles. The average molecular weight is 146 g/mol. The van der Waals surface area contributed by atoms with Gasteiger partial charge in [0.25, 0.3) is 0 Å². The summed E-state index contributed by atoms with van der Waals surface area (Å²) in [4.78, 5) is 0. The van der Waals surface area contributed by atoms with Gasteiger partial charge in [-0.2, -0.15) is 0 Å². The van der Waals surface area contributed by atoms with Gasteiger partial charge in [-0.3, -0.25) is 0 Å². The highest BCUT2D eigenvalue weighted by molar-refractivity contribution is 4.92. The van der Waals surface area contributed by atoms with E-state index in [1.807, 2.05) is 6.92 Å². The zero-order valence-electron chi connectivity index (χ0n) is 6.44. The highest BCUT2D eigenvalue weighted by Crippen LogP contribution is 2.46. The van der Waals surface area contributed by atoms with Crippen LogP contribution in [-0.2, 0) is 0 Å². The predicted octanol–water partition coefficient (Wildman–Crippen LogP) is 1.90. The maximum atomic E-state index is 12.0. The minimum atomic E-state index is -0.703. The lowest BCUT2D eigenvalue weighted by molar-refractivity contribution is -0.0493. The summed E-state index contributed by atoms with van der Waals surface area (Å²) in [7, 11) is 0. The highest BCUT2D eigenvalue weighted by atomic mass is 19.1. The van der Waals surface area contributed by atoms with Crippen LogP contribution < -0.4 is 0 Å². The summed E-state index contributed by atoms with van der Waals surface area (Å²) in [6.45, 7) is 1.45. The van der Waals surface area contributed by atoms with Crippen molar-refractivity contribution in [2.24, 2.45) is 5.41 Å². The Morgan fingerprint density at radius 1 is 1.60 bits per heavy atom. The van der Waals surface area contributed by atoms with E-state index in [0.29, 0.717) is 0 Å². The number of aliphatic hydroxyl groups is 1. The molecule has 0 bridgehead atoms. The van der Waals surface area contributed by atoms with E-state index in [-0.39, 0.29) is 5.41 Å². The van der Waals surface area contributed by atoms with Crippen molar-refractivity contribution in [3.63, 3.8) is 0 Å². The third kappa shape index (κ3) is 1.05. The standard InChI is InChI=1S/C8H15FO/c1-2-8(4-3-5-8)7(10)6-9/h7,10H,2-6H2,1H3. The maximum absolute atomic E-state index is 12.0. The van der Waals surface area contributed by atoms with E-state index in [4.69, 9.17) is 0 Å². The second kappa shape index (κ2) is 2.87. The van der Waals surface area contributed by atoms with Gasteiger partial charge in [0.05, 0.1) is 6.10 Å². The fraction of sp³-hybridized carbons (Fsp3) is 1.00. The van der Waals surface area contributed by atoms with E-state index in [2.05, 4.69) is 0 Å². The van der Waals surface area contributed by atoms with Crippen LogP contribution >= 0.6 is 0 Å². The lowest BCUT2D eigenvalue weighted by Crippen LogP contribution is -2.41. The maximum Gasteiger partial charge on any atom is 0.116 e. The van der Waals surface area contributed by atoms with Crippen LogP contribution in [0.3, 0.4) is 0 Å². The Labute approximate surface area is 61.2 Å². The van der Waals surface area contributed by atoms with Gasteiger partial charge in [0.15, 0.2) is 0 Å². The van der Waals surface area contributed by atoms with Gasteiger partial charge in [-0.1, -0.05) is 13.3 Å². The van der Waals surface area contributed by atoms with Crippen LogP contribution in [0, 0.1) is 5.41 Å². The number of hydrogen-bond acceptors (Lipinski definition) is 1. The minimum absolute atomic E-state index is 0.0469. The zero-order valence-corrected chi connectivity index (χ0v) is 6.44. The van der Waals surface area contributed by atoms with Crippen LogP contribution in [0.25, 0.3) is 0 Å². The topological polar surface area (TPSA) is 20.2 Å². The Bertz CT molecular complexity index is 104. The van der Waals surface area contributed by atoms with Crippen LogP contribution in [0.5, 0.6) is 0 Å². The SMILES string of the molecule is CCC1(C(O)CF)CCC1. The molecule has 1 nitrogen and oxygen atoms in total. The second-order valence-corrected chi connectivity index (χ2v) is 3.24. The number of rotatable bonds is 3. The Balaban J connectivity index is 2.46. The van der Waals surface area contributed by atoms with Gasteiger partial charge < -0.3 is 5.11 Å². The third-order valence-electron chi connectivity index (χ3n) is 2.91. The summed E-state index contributed by atoms with van der Waals surface area (Å²) in [6, 6.07) is 0. The van der Waals surface area contributed by atoms with Crippen LogP contribution in [-0.4, -0.2) is 17.9 Å². The first-order valence-corrected chi connectivity index (χ1v) is 3.99. The summed E-state index contributed by atoms with van der Waals surface area (Å²) in [6.07, 6.45) is 3.39. The van der Waals surface area contributed by atoms with Crippen molar-refractivity contribution in [3.8, 4) is 0 Å². The Morgan fingerprint density at radius 3 is 2.30 bits per heavy atom. The van der Waals surface area contributed by atoms with Crippen molar-refractivity contribution in [3.05, 3.63) is 0 Å². The largest absolute Gasteiger partial charge is 0.390 e. The van der Waals surface area contributed by atoms with Gasteiger partial charge in [-0.15, -0.1) is 0 Å². The van der Waals surface area contributed by atoms with Gasteiger partial charge in [0, 0.05) is 0 Å². The summed E-state index contributed by atoms with van der Waals surface area (Å²) in [5.41, 5.74) is -0.0469. The van der Waals surface area contributed by atoms with E-state index < -0.39 is 12.8 Å². The average Bonchev–Trinajstić information content (AvgIpc) is 1.86. The van der Waals surface area contributed by atoms with Crippen LogP contribution in [0.4, 0.5) is 4.39 Å². The molecule has 1 rings (SSSR count). The molecule has 0 aromatic carbocycles. The monoisotopic (exact) mass is 146 g/mol. The van der Waals surface area contributed by atoms with Gasteiger partial charge in [0.2, 0.25) is 0 Å². The first-order valence-electron chi connectivity index (χ1n) is 3.99. The lowest BCUT2D eigenvalue weighted by atomic mass is 9.64. The van der Waals surface area contributed by atoms with Crippen molar-refractivity contribution in [2.75, 3.05) is 6.67 Å². The highest BCUT2D eigenvalue weighted by Gasteiger charge is 2.41. The third-order valence-corrected chi connectivity index (χ3v) is 2.91. The summed E-state index contributed by atoms with van der Waals surface area (Å²) in [5, 5.41) is 9.25. The van der Waals surface area contributed by atoms with E-state index in [9.17, 15) is 9.50 Å². The minimum Gasteiger partial charge on any atom is -0.390 e. The molecule has 0 radical (unpaired) electrons. The molecule has 1 atom stereocenters. The van der Waals surface area contributed by atoms with Crippen molar-refractivity contribution in [1.29, 1.82) is 0 Å². The van der Waals surface area contributed by atoms with Gasteiger partial charge in [-0.25, -0.2) is 4.39 Å². The molecule has 0 aromatic heterocycles. The molecule has 10 heavy (non-hydrogen) atoms. The molecule has 0 amide bonds. The normalized spacial score (nSPS) is 25.5. The van der Waals surface area contributed by atoms with E-state index in [1.165, 1.54) is 0 Å². The summed E-state index contributed by atoms with van der Waals surface area (Å²) < 4.78 is 12.0. The number of alkyl halides is 1. The first kappa shape index (κ1) is 7.99. The molecule has 0 aliphatic heterocycles. The van der Waals surface area contributed by atoms with Crippen LogP contribution in [0.2, 0.25) is 0 Å². The Kier molecular flexibility index (Phi) is 2.29. The molecule has 1 aliphatic rings. The molecule has 0 saturated heterocycles. The Hall–Kier alpha value is -0.110. The molecule has 60 valence electrons. The van der Waals surface area contributed by atoms with Crippen LogP contribution in [0.1, 0.15) is 32.6 Å². The molecule has 1 N–H and O–H groups in total. The smallest absolute Gasteiger partial charge is 0.116 e. The molecule has 0 spiro atoms. The quantitative estimate of drug-likeness (QED) is 0.644. The van der Waals surface area contributed by atoms with Crippen molar-refractivity contribution < 1.29 is 9.50 Å². The fourth-order valence-electron chi connectivity index (χ4n) is 1.72. The summed E-state index contributed by atoms with van der Waals surface area (Å²) >= 11 is 0. The lowest BCUT2D eigenvalue weighted by Gasteiger charge is -2.44. The number of halogens is 1.